The second kappa shape index (κ2) is 5.43. The van der Waals surface area contributed by atoms with Crippen molar-refractivity contribution in [2.24, 2.45) is 0 Å². The minimum atomic E-state index is -3.44. The van der Waals surface area contributed by atoms with Crippen LogP contribution in [0.3, 0.4) is 0 Å². The second-order valence-corrected chi connectivity index (χ2v) is 8.20. The third-order valence-corrected chi connectivity index (χ3v) is 6.66. The van der Waals surface area contributed by atoms with Gasteiger partial charge in [-0.05, 0) is 18.6 Å². The SMILES string of the molecule is O=S(=O)(c1ccccc1)N1CC[C@@]2(C[C@@H](n3ccnc3)CO2)C1. The van der Waals surface area contributed by atoms with Gasteiger partial charge >= 0.3 is 0 Å². The average Bonchev–Trinajstić information content (AvgIpc) is 3.30. The van der Waals surface area contributed by atoms with Crippen molar-refractivity contribution < 1.29 is 13.2 Å². The quantitative estimate of drug-likeness (QED) is 0.857. The third-order valence-electron chi connectivity index (χ3n) is 4.80. The van der Waals surface area contributed by atoms with Gasteiger partial charge in [-0.1, -0.05) is 18.2 Å². The highest BCUT2D eigenvalue weighted by molar-refractivity contribution is 7.89. The Kier molecular flexibility index (Phi) is 3.51. The fourth-order valence-corrected chi connectivity index (χ4v) is 5.07. The zero-order valence-corrected chi connectivity index (χ0v) is 13.5. The third kappa shape index (κ3) is 2.58. The number of rotatable bonds is 3. The summed E-state index contributed by atoms with van der Waals surface area (Å²) in [5.41, 5.74) is -0.364. The maximum Gasteiger partial charge on any atom is 0.243 e. The summed E-state index contributed by atoms with van der Waals surface area (Å²) >= 11 is 0. The molecule has 23 heavy (non-hydrogen) atoms. The van der Waals surface area contributed by atoms with Crippen LogP contribution in [0.2, 0.25) is 0 Å². The van der Waals surface area contributed by atoms with Crippen LogP contribution in [0.25, 0.3) is 0 Å². The van der Waals surface area contributed by atoms with Crippen LogP contribution in [-0.2, 0) is 14.8 Å². The van der Waals surface area contributed by atoms with Crippen LogP contribution < -0.4 is 0 Å². The van der Waals surface area contributed by atoms with Gasteiger partial charge in [0.05, 0.1) is 29.5 Å². The molecule has 2 atom stereocenters. The number of hydrogen-bond acceptors (Lipinski definition) is 4. The molecule has 6 nitrogen and oxygen atoms in total. The van der Waals surface area contributed by atoms with Crippen LogP contribution in [0.4, 0.5) is 0 Å². The van der Waals surface area contributed by atoms with E-state index in [-0.39, 0.29) is 11.6 Å². The maximum atomic E-state index is 12.7. The Balaban J connectivity index is 1.52. The molecule has 0 saturated carbocycles. The van der Waals surface area contributed by atoms with Crippen molar-refractivity contribution in [2.75, 3.05) is 19.7 Å². The largest absolute Gasteiger partial charge is 0.371 e. The van der Waals surface area contributed by atoms with Crippen LogP contribution >= 0.6 is 0 Å². The van der Waals surface area contributed by atoms with E-state index in [1.165, 1.54) is 0 Å². The summed E-state index contributed by atoms with van der Waals surface area (Å²) in [5.74, 6) is 0. The van der Waals surface area contributed by atoms with Crippen LogP contribution in [0.5, 0.6) is 0 Å². The molecular weight excluding hydrogens is 314 g/mol. The van der Waals surface area contributed by atoms with E-state index in [2.05, 4.69) is 4.98 Å². The van der Waals surface area contributed by atoms with E-state index in [9.17, 15) is 8.42 Å². The summed E-state index contributed by atoms with van der Waals surface area (Å²) in [5, 5.41) is 0. The number of ether oxygens (including phenoxy) is 1. The zero-order chi connectivity index (χ0) is 15.9. The molecule has 1 spiro atoms. The molecule has 0 amide bonds. The molecule has 1 aromatic carbocycles. The van der Waals surface area contributed by atoms with Crippen molar-refractivity contribution in [3.8, 4) is 0 Å². The van der Waals surface area contributed by atoms with Gasteiger partial charge in [-0.15, -0.1) is 0 Å². The average molecular weight is 333 g/mol. The molecule has 122 valence electrons. The summed E-state index contributed by atoms with van der Waals surface area (Å²) in [6.45, 7) is 1.54. The molecule has 0 N–H and O–H groups in total. The van der Waals surface area contributed by atoms with Crippen LogP contribution in [-0.4, -0.2) is 47.6 Å². The van der Waals surface area contributed by atoms with Crippen LogP contribution in [0.1, 0.15) is 18.9 Å². The van der Waals surface area contributed by atoms with Crippen molar-refractivity contribution in [2.45, 2.75) is 29.4 Å². The van der Waals surface area contributed by atoms with E-state index >= 15 is 0 Å². The Labute approximate surface area is 135 Å². The molecule has 0 aliphatic carbocycles. The number of imidazole rings is 1. The topological polar surface area (TPSA) is 64.4 Å². The minimum Gasteiger partial charge on any atom is -0.371 e. The Hall–Kier alpha value is -1.70. The van der Waals surface area contributed by atoms with Crippen molar-refractivity contribution in [3.05, 3.63) is 49.1 Å². The van der Waals surface area contributed by atoms with E-state index in [0.717, 1.165) is 12.8 Å². The lowest BCUT2D eigenvalue weighted by molar-refractivity contribution is 0.0165. The van der Waals surface area contributed by atoms with E-state index in [4.69, 9.17) is 4.74 Å². The highest BCUT2D eigenvalue weighted by Gasteiger charge is 2.48. The molecule has 2 aliphatic heterocycles. The predicted octanol–water partition coefficient (Wildman–Crippen LogP) is 1.68. The first-order valence-electron chi connectivity index (χ1n) is 7.76. The number of benzene rings is 1. The summed E-state index contributed by atoms with van der Waals surface area (Å²) in [4.78, 5) is 4.43. The van der Waals surface area contributed by atoms with Crippen LogP contribution in [0.15, 0.2) is 53.9 Å². The van der Waals surface area contributed by atoms with Gasteiger partial charge in [-0.25, -0.2) is 13.4 Å². The van der Waals surface area contributed by atoms with E-state index in [0.29, 0.717) is 24.6 Å². The van der Waals surface area contributed by atoms with Crippen molar-refractivity contribution in [3.63, 3.8) is 0 Å². The highest BCUT2D eigenvalue weighted by atomic mass is 32.2. The normalized spacial score (nSPS) is 28.6. The first-order valence-corrected chi connectivity index (χ1v) is 9.20. The monoisotopic (exact) mass is 333 g/mol. The Morgan fingerprint density at radius 3 is 2.83 bits per heavy atom. The standard InChI is InChI=1S/C16H19N3O3S/c20-23(21,15-4-2-1-3-5-15)19-8-6-16(12-19)10-14(11-22-16)18-9-7-17-13-18/h1-5,7,9,13-14H,6,8,10-12H2/t14-,16-/m1/s1. The van der Waals surface area contributed by atoms with Gasteiger partial charge in [0.1, 0.15) is 0 Å². The molecule has 3 heterocycles. The van der Waals surface area contributed by atoms with Gasteiger partial charge in [0, 0.05) is 31.9 Å². The summed E-state index contributed by atoms with van der Waals surface area (Å²) < 4.78 is 35.1. The van der Waals surface area contributed by atoms with E-state index < -0.39 is 10.0 Å². The molecular formula is C16H19N3O3S. The Bertz CT molecular complexity index is 776. The van der Waals surface area contributed by atoms with E-state index in [1.54, 1.807) is 41.1 Å². The fourth-order valence-electron chi connectivity index (χ4n) is 3.54. The number of aromatic nitrogens is 2. The molecule has 2 fully saturated rings. The molecule has 0 bridgehead atoms. The highest BCUT2D eigenvalue weighted by Crippen LogP contribution is 2.41. The molecule has 2 aliphatic rings. The molecule has 1 aromatic heterocycles. The van der Waals surface area contributed by atoms with Gasteiger partial charge in [-0.2, -0.15) is 4.31 Å². The first-order chi connectivity index (χ1) is 11.1. The Morgan fingerprint density at radius 2 is 2.09 bits per heavy atom. The predicted molar refractivity (Wildman–Crippen MR) is 84.4 cm³/mol. The Morgan fingerprint density at radius 1 is 1.26 bits per heavy atom. The fraction of sp³-hybridized carbons (Fsp3) is 0.438. The molecule has 2 aromatic rings. The summed E-state index contributed by atoms with van der Waals surface area (Å²) in [6, 6.07) is 8.84. The van der Waals surface area contributed by atoms with Crippen molar-refractivity contribution in [1.29, 1.82) is 0 Å². The molecule has 4 rings (SSSR count). The lowest BCUT2D eigenvalue weighted by atomic mass is 9.97. The number of hydrogen-bond donors (Lipinski definition) is 0. The smallest absolute Gasteiger partial charge is 0.243 e. The molecule has 0 unspecified atom stereocenters. The van der Waals surface area contributed by atoms with Gasteiger partial charge < -0.3 is 9.30 Å². The van der Waals surface area contributed by atoms with Gasteiger partial charge in [0.25, 0.3) is 0 Å². The minimum absolute atomic E-state index is 0.233. The number of nitrogens with zero attached hydrogens (tertiary/aromatic N) is 3. The molecule has 2 saturated heterocycles. The van der Waals surface area contributed by atoms with Crippen LogP contribution in [0, 0.1) is 0 Å². The second-order valence-electron chi connectivity index (χ2n) is 6.26. The maximum absolute atomic E-state index is 12.7. The summed E-state index contributed by atoms with van der Waals surface area (Å²) in [7, 11) is -3.44. The van der Waals surface area contributed by atoms with Gasteiger partial charge in [0.2, 0.25) is 10.0 Å². The van der Waals surface area contributed by atoms with E-state index in [1.807, 2.05) is 16.8 Å². The lowest BCUT2D eigenvalue weighted by Gasteiger charge is -2.23. The van der Waals surface area contributed by atoms with Gasteiger partial charge in [0.15, 0.2) is 0 Å². The molecule has 0 radical (unpaired) electrons. The van der Waals surface area contributed by atoms with Crippen molar-refractivity contribution >= 4 is 10.0 Å². The summed E-state index contributed by atoms with van der Waals surface area (Å²) in [6.07, 6.45) is 7.04. The first kappa shape index (κ1) is 14.9. The number of sulfonamides is 1. The molecule has 7 heteroatoms. The lowest BCUT2D eigenvalue weighted by Crippen LogP contribution is -2.35. The van der Waals surface area contributed by atoms with Crippen molar-refractivity contribution in [1.82, 2.24) is 13.9 Å². The zero-order valence-electron chi connectivity index (χ0n) is 12.7. The van der Waals surface area contributed by atoms with Gasteiger partial charge in [-0.3, -0.25) is 0 Å².